The number of primary amides is 1. The molecule has 1 amide bonds. The zero-order valence-corrected chi connectivity index (χ0v) is 15.3. The third kappa shape index (κ3) is 4.53. The van der Waals surface area contributed by atoms with Crippen molar-refractivity contribution in [1.29, 1.82) is 0 Å². The van der Waals surface area contributed by atoms with Crippen molar-refractivity contribution in [3.63, 3.8) is 0 Å². The highest BCUT2D eigenvalue weighted by molar-refractivity contribution is 9.10. The van der Waals surface area contributed by atoms with E-state index in [0.717, 1.165) is 5.56 Å². The summed E-state index contributed by atoms with van der Waals surface area (Å²) >= 11 is 15.4. The molecule has 0 saturated carbocycles. The Bertz CT molecular complexity index is 738. The molecule has 4 nitrogen and oxygen atoms in total. The molecular weight excluding hydrogens is 405 g/mol. The smallest absolute Gasteiger partial charge is 0.248 e. The number of halogens is 3. The minimum Gasteiger partial charge on any atom is -0.490 e. The second-order valence-electron chi connectivity index (χ2n) is 4.61. The third-order valence-corrected chi connectivity index (χ3v) is 4.16. The number of benzene rings is 2. The Morgan fingerprint density at radius 2 is 1.96 bits per heavy atom. The highest BCUT2D eigenvalue weighted by Gasteiger charge is 2.15. The highest BCUT2D eigenvalue weighted by atomic mass is 79.9. The molecule has 0 unspecified atom stereocenters. The van der Waals surface area contributed by atoms with Gasteiger partial charge >= 0.3 is 0 Å². The van der Waals surface area contributed by atoms with E-state index in [9.17, 15) is 4.79 Å². The van der Waals surface area contributed by atoms with Crippen molar-refractivity contribution in [2.45, 2.75) is 13.5 Å². The first-order valence-corrected chi connectivity index (χ1v) is 8.30. The number of hydrogen-bond acceptors (Lipinski definition) is 3. The molecule has 2 N–H and O–H groups in total. The fourth-order valence-electron chi connectivity index (χ4n) is 1.90. The molecule has 0 aliphatic carbocycles. The number of amides is 1. The van der Waals surface area contributed by atoms with E-state index in [4.69, 9.17) is 38.4 Å². The van der Waals surface area contributed by atoms with Gasteiger partial charge in [0.05, 0.1) is 11.1 Å². The summed E-state index contributed by atoms with van der Waals surface area (Å²) in [4.78, 5) is 11.4. The minimum atomic E-state index is -0.543. The zero-order valence-electron chi connectivity index (χ0n) is 12.2. The number of carbonyl (C=O) groups is 1. The van der Waals surface area contributed by atoms with Gasteiger partial charge in [-0.15, -0.1) is 0 Å². The molecule has 122 valence electrons. The van der Waals surface area contributed by atoms with Crippen LogP contribution in [0.5, 0.6) is 11.5 Å². The van der Waals surface area contributed by atoms with Crippen molar-refractivity contribution in [3.8, 4) is 11.5 Å². The molecule has 0 saturated heterocycles. The molecular formula is C16H14BrCl2NO3. The molecule has 0 bridgehead atoms. The maximum atomic E-state index is 11.4. The van der Waals surface area contributed by atoms with E-state index in [-0.39, 0.29) is 6.61 Å². The van der Waals surface area contributed by atoms with Crippen LogP contribution in [0.3, 0.4) is 0 Å². The van der Waals surface area contributed by atoms with Crippen LogP contribution in [-0.4, -0.2) is 12.5 Å². The van der Waals surface area contributed by atoms with Gasteiger partial charge in [0.25, 0.3) is 0 Å². The normalized spacial score (nSPS) is 10.4. The topological polar surface area (TPSA) is 61.5 Å². The molecule has 7 heteroatoms. The molecule has 0 aliphatic rings. The molecule has 0 heterocycles. The van der Waals surface area contributed by atoms with Crippen LogP contribution in [0.4, 0.5) is 0 Å². The average molecular weight is 419 g/mol. The Hall–Kier alpha value is -1.43. The first kappa shape index (κ1) is 17.9. The van der Waals surface area contributed by atoms with Gasteiger partial charge in [-0.25, -0.2) is 0 Å². The summed E-state index contributed by atoms with van der Waals surface area (Å²) in [5, 5.41) is 1.07. The van der Waals surface area contributed by atoms with Crippen LogP contribution in [0, 0.1) is 0 Å². The van der Waals surface area contributed by atoms with Gasteiger partial charge < -0.3 is 15.2 Å². The van der Waals surface area contributed by atoms with Crippen LogP contribution in [0.2, 0.25) is 10.0 Å². The fraction of sp³-hybridized carbons (Fsp3) is 0.188. The Kier molecular flexibility index (Phi) is 6.16. The zero-order chi connectivity index (χ0) is 17.0. The van der Waals surface area contributed by atoms with E-state index in [2.05, 4.69) is 15.9 Å². The van der Waals surface area contributed by atoms with Crippen molar-refractivity contribution < 1.29 is 14.3 Å². The SMILES string of the molecule is CCOc1cc(C(N)=O)cc(Br)c1OCc1ccc(Cl)cc1Cl. The van der Waals surface area contributed by atoms with Crippen LogP contribution < -0.4 is 15.2 Å². The Labute approximate surface area is 152 Å². The van der Waals surface area contributed by atoms with Gasteiger partial charge in [-0.05, 0) is 47.1 Å². The second kappa shape index (κ2) is 7.90. The van der Waals surface area contributed by atoms with E-state index >= 15 is 0 Å². The third-order valence-electron chi connectivity index (χ3n) is 2.98. The van der Waals surface area contributed by atoms with Crippen molar-refractivity contribution in [2.75, 3.05) is 6.61 Å². The summed E-state index contributed by atoms with van der Waals surface area (Å²) in [5.74, 6) is 0.363. The molecule has 2 rings (SSSR count). The summed E-state index contributed by atoms with van der Waals surface area (Å²) in [6.07, 6.45) is 0. The van der Waals surface area contributed by atoms with Gasteiger partial charge in [0.1, 0.15) is 6.61 Å². The number of hydrogen-bond donors (Lipinski definition) is 1. The van der Waals surface area contributed by atoms with Crippen LogP contribution in [0.25, 0.3) is 0 Å². The lowest BCUT2D eigenvalue weighted by Crippen LogP contribution is -2.12. The van der Waals surface area contributed by atoms with Crippen LogP contribution in [-0.2, 0) is 6.61 Å². The van der Waals surface area contributed by atoms with E-state index < -0.39 is 5.91 Å². The number of ether oxygens (including phenoxy) is 2. The van der Waals surface area contributed by atoms with Gasteiger partial charge in [0.15, 0.2) is 11.5 Å². The summed E-state index contributed by atoms with van der Waals surface area (Å²) < 4.78 is 11.9. The lowest BCUT2D eigenvalue weighted by molar-refractivity contribution is 0.0999. The van der Waals surface area contributed by atoms with Gasteiger partial charge in [-0.1, -0.05) is 29.3 Å². The number of rotatable bonds is 6. The highest BCUT2D eigenvalue weighted by Crippen LogP contribution is 2.37. The van der Waals surface area contributed by atoms with Crippen LogP contribution in [0.15, 0.2) is 34.8 Å². The first-order chi connectivity index (χ1) is 10.9. The lowest BCUT2D eigenvalue weighted by Gasteiger charge is -2.15. The Morgan fingerprint density at radius 1 is 1.22 bits per heavy atom. The van der Waals surface area contributed by atoms with E-state index in [1.807, 2.05) is 6.92 Å². The molecule has 0 aromatic heterocycles. The molecule has 0 spiro atoms. The second-order valence-corrected chi connectivity index (χ2v) is 6.30. The number of nitrogens with two attached hydrogens (primary N) is 1. The van der Waals surface area contributed by atoms with Crippen molar-refractivity contribution in [3.05, 3.63) is 56.0 Å². The molecule has 0 aliphatic heterocycles. The van der Waals surface area contributed by atoms with E-state index in [1.165, 1.54) is 0 Å². The summed E-state index contributed by atoms with van der Waals surface area (Å²) in [6, 6.07) is 8.31. The molecule has 2 aromatic carbocycles. The van der Waals surface area contributed by atoms with Crippen molar-refractivity contribution in [1.82, 2.24) is 0 Å². The van der Waals surface area contributed by atoms with E-state index in [1.54, 1.807) is 30.3 Å². The fourth-order valence-corrected chi connectivity index (χ4v) is 2.92. The monoisotopic (exact) mass is 417 g/mol. The summed E-state index contributed by atoms with van der Waals surface area (Å²) in [6.45, 7) is 2.49. The summed E-state index contributed by atoms with van der Waals surface area (Å²) in [5.41, 5.74) is 6.42. The standard InChI is InChI=1S/C16H14BrCl2NO3/c1-2-22-14-6-10(16(20)21)5-12(17)15(14)23-8-9-3-4-11(18)7-13(9)19/h3-7H,2,8H2,1H3,(H2,20,21). The molecule has 0 radical (unpaired) electrons. The Morgan fingerprint density at radius 3 is 2.57 bits per heavy atom. The molecule has 0 atom stereocenters. The largest absolute Gasteiger partial charge is 0.490 e. The maximum absolute atomic E-state index is 11.4. The van der Waals surface area contributed by atoms with Crippen molar-refractivity contribution >= 4 is 45.0 Å². The summed E-state index contributed by atoms with van der Waals surface area (Å²) in [7, 11) is 0. The predicted octanol–water partition coefficient (Wildman–Crippen LogP) is 4.83. The van der Waals surface area contributed by atoms with Gasteiger partial charge in [0.2, 0.25) is 5.91 Å². The first-order valence-electron chi connectivity index (χ1n) is 6.75. The average Bonchev–Trinajstić information content (AvgIpc) is 2.48. The van der Waals surface area contributed by atoms with Gasteiger partial charge in [0, 0.05) is 21.2 Å². The quantitative estimate of drug-likeness (QED) is 0.730. The molecule has 0 fully saturated rings. The molecule has 23 heavy (non-hydrogen) atoms. The number of carbonyl (C=O) groups excluding carboxylic acids is 1. The van der Waals surface area contributed by atoms with E-state index in [0.29, 0.717) is 38.2 Å². The van der Waals surface area contributed by atoms with Crippen LogP contribution >= 0.6 is 39.1 Å². The Balaban J connectivity index is 2.29. The minimum absolute atomic E-state index is 0.227. The predicted molar refractivity (Wildman–Crippen MR) is 94.6 cm³/mol. The molecule has 2 aromatic rings. The lowest BCUT2D eigenvalue weighted by atomic mass is 10.2. The van der Waals surface area contributed by atoms with Gasteiger partial charge in [-0.3, -0.25) is 4.79 Å². The van der Waals surface area contributed by atoms with Crippen molar-refractivity contribution in [2.24, 2.45) is 5.73 Å². The van der Waals surface area contributed by atoms with Crippen LogP contribution in [0.1, 0.15) is 22.8 Å². The van der Waals surface area contributed by atoms with Gasteiger partial charge in [-0.2, -0.15) is 0 Å². The maximum Gasteiger partial charge on any atom is 0.248 e.